The van der Waals surface area contributed by atoms with Crippen LogP contribution in [0, 0.1) is 0 Å². The van der Waals surface area contributed by atoms with Gasteiger partial charge in [-0.05, 0) is 24.0 Å². The molecule has 1 aromatic carbocycles. The molecular weight excluding hydrogens is 278 g/mol. The smallest absolute Gasteiger partial charge is 0.161 e. The number of nitrogens with one attached hydrogen (secondary N) is 1. The van der Waals surface area contributed by atoms with Crippen LogP contribution in [0.15, 0.2) is 17.0 Å². The summed E-state index contributed by atoms with van der Waals surface area (Å²) in [5, 5.41) is 12.5. The SMILES string of the molecule is COCC(CO)NCc1cc(OC)c(OC)cc1SC. The highest BCUT2D eigenvalue weighted by atomic mass is 32.2. The lowest BCUT2D eigenvalue weighted by molar-refractivity contribution is 0.128. The van der Waals surface area contributed by atoms with Crippen molar-refractivity contribution in [1.82, 2.24) is 5.32 Å². The van der Waals surface area contributed by atoms with Crippen LogP contribution >= 0.6 is 11.8 Å². The molecule has 0 bridgehead atoms. The Morgan fingerprint density at radius 1 is 1.20 bits per heavy atom. The highest BCUT2D eigenvalue weighted by Gasteiger charge is 2.12. The molecule has 0 amide bonds. The minimum Gasteiger partial charge on any atom is -0.493 e. The maximum absolute atomic E-state index is 9.25. The van der Waals surface area contributed by atoms with Gasteiger partial charge < -0.3 is 24.6 Å². The maximum atomic E-state index is 9.25. The fraction of sp³-hybridized carbons (Fsp3) is 0.571. The van der Waals surface area contributed by atoms with Gasteiger partial charge in [-0.25, -0.2) is 0 Å². The second-order valence-corrected chi connectivity index (χ2v) is 5.08. The van der Waals surface area contributed by atoms with Gasteiger partial charge >= 0.3 is 0 Å². The number of hydrogen-bond acceptors (Lipinski definition) is 6. The maximum Gasteiger partial charge on any atom is 0.161 e. The van der Waals surface area contributed by atoms with Crippen LogP contribution in [-0.2, 0) is 11.3 Å². The van der Waals surface area contributed by atoms with Crippen molar-refractivity contribution in [1.29, 1.82) is 0 Å². The van der Waals surface area contributed by atoms with Crippen molar-refractivity contribution < 1.29 is 19.3 Å². The van der Waals surface area contributed by atoms with Crippen LogP contribution in [-0.4, -0.2) is 51.9 Å². The topological polar surface area (TPSA) is 60.0 Å². The molecule has 1 aromatic rings. The van der Waals surface area contributed by atoms with Crippen LogP contribution in [0.1, 0.15) is 5.56 Å². The van der Waals surface area contributed by atoms with Crippen molar-refractivity contribution in [2.45, 2.75) is 17.5 Å². The first kappa shape index (κ1) is 17.1. The zero-order valence-corrected chi connectivity index (χ0v) is 13.3. The third kappa shape index (κ3) is 4.56. The van der Waals surface area contributed by atoms with Crippen molar-refractivity contribution >= 4 is 11.8 Å². The van der Waals surface area contributed by atoms with Crippen LogP contribution in [0.5, 0.6) is 11.5 Å². The Labute approximate surface area is 124 Å². The van der Waals surface area contributed by atoms with Gasteiger partial charge in [0.15, 0.2) is 11.5 Å². The molecule has 0 aliphatic heterocycles. The summed E-state index contributed by atoms with van der Waals surface area (Å²) in [5.41, 5.74) is 1.10. The van der Waals surface area contributed by atoms with E-state index in [1.165, 1.54) is 0 Å². The second-order valence-electron chi connectivity index (χ2n) is 4.23. The Hall–Kier alpha value is -0.950. The predicted octanol–water partition coefficient (Wildman–Crippen LogP) is 1.52. The lowest BCUT2D eigenvalue weighted by atomic mass is 10.2. The number of aliphatic hydroxyl groups excluding tert-OH is 1. The lowest BCUT2D eigenvalue weighted by Gasteiger charge is -2.18. The normalized spacial score (nSPS) is 12.2. The van der Waals surface area contributed by atoms with Gasteiger partial charge in [0.05, 0.1) is 33.5 Å². The van der Waals surface area contributed by atoms with E-state index in [4.69, 9.17) is 14.2 Å². The number of ether oxygens (including phenoxy) is 3. The number of methoxy groups -OCH3 is 3. The summed E-state index contributed by atoms with van der Waals surface area (Å²) < 4.78 is 15.7. The van der Waals surface area contributed by atoms with E-state index in [0.717, 1.165) is 16.2 Å². The summed E-state index contributed by atoms with van der Waals surface area (Å²) >= 11 is 1.65. The lowest BCUT2D eigenvalue weighted by Crippen LogP contribution is -2.36. The van der Waals surface area contributed by atoms with Gasteiger partial charge in [-0.15, -0.1) is 11.8 Å². The monoisotopic (exact) mass is 301 g/mol. The molecular formula is C14H23NO4S. The highest BCUT2D eigenvalue weighted by Crippen LogP contribution is 2.34. The Morgan fingerprint density at radius 2 is 1.85 bits per heavy atom. The summed E-state index contributed by atoms with van der Waals surface area (Å²) in [6.45, 7) is 1.14. The van der Waals surface area contributed by atoms with E-state index >= 15 is 0 Å². The van der Waals surface area contributed by atoms with Crippen molar-refractivity contribution in [2.75, 3.05) is 40.8 Å². The summed E-state index contributed by atoms with van der Waals surface area (Å²) in [4.78, 5) is 1.12. The fourth-order valence-electron chi connectivity index (χ4n) is 1.86. The molecule has 0 saturated carbocycles. The number of aliphatic hydroxyl groups is 1. The van der Waals surface area contributed by atoms with E-state index in [0.29, 0.717) is 18.9 Å². The quantitative estimate of drug-likeness (QED) is 0.675. The summed E-state index contributed by atoms with van der Waals surface area (Å²) in [6, 6.07) is 3.84. The van der Waals surface area contributed by atoms with Gasteiger partial charge in [0.2, 0.25) is 0 Å². The van der Waals surface area contributed by atoms with Gasteiger partial charge in [0.25, 0.3) is 0 Å². The molecule has 0 heterocycles. The van der Waals surface area contributed by atoms with E-state index in [1.807, 2.05) is 18.4 Å². The minimum atomic E-state index is -0.0807. The molecule has 114 valence electrons. The summed E-state index contributed by atoms with van der Waals surface area (Å²) in [6.07, 6.45) is 2.02. The molecule has 1 atom stereocenters. The summed E-state index contributed by atoms with van der Waals surface area (Å²) in [5.74, 6) is 1.42. The molecule has 0 aliphatic rings. The van der Waals surface area contributed by atoms with Gasteiger partial charge in [0.1, 0.15) is 0 Å². The average molecular weight is 301 g/mol. The molecule has 6 heteroatoms. The molecule has 0 aromatic heterocycles. The van der Waals surface area contributed by atoms with Gasteiger partial charge in [-0.3, -0.25) is 0 Å². The molecule has 20 heavy (non-hydrogen) atoms. The molecule has 0 saturated heterocycles. The Balaban J connectivity index is 2.87. The molecule has 0 spiro atoms. The molecule has 2 N–H and O–H groups in total. The third-order valence-electron chi connectivity index (χ3n) is 2.96. The molecule has 0 fully saturated rings. The molecule has 0 radical (unpaired) electrons. The third-order valence-corrected chi connectivity index (χ3v) is 3.78. The number of hydrogen-bond donors (Lipinski definition) is 2. The van der Waals surface area contributed by atoms with Gasteiger partial charge in [-0.1, -0.05) is 0 Å². The van der Waals surface area contributed by atoms with Crippen molar-refractivity contribution in [3.8, 4) is 11.5 Å². The molecule has 1 rings (SSSR count). The van der Waals surface area contributed by atoms with Crippen molar-refractivity contribution in [3.05, 3.63) is 17.7 Å². The predicted molar refractivity (Wildman–Crippen MR) is 80.9 cm³/mol. The van der Waals surface area contributed by atoms with Crippen molar-refractivity contribution in [3.63, 3.8) is 0 Å². The van der Waals surface area contributed by atoms with Gasteiger partial charge in [-0.2, -0.15) is 0 Å². The van der Waals surface area contributed by atoms with E-state index < -0.39 is 0 Å². The summed E-state index contributed by atoms with van der Waals surface area (Å²) in [7, 11) is 4.86. The number of rotatable bonds is 9. The first-order valence-corrected chi connectivity index (χ1v) is 7.54. The van der Waals surface area contributed by atoms with Crippen LogP contribution in [0.4, 0.5) is 0 Å². The fourth-order valence-corrected chi connectivity index (χ4v) is 2.48. The second kappa shape index (κ2) is 9.07. The Morgan fingerprint density at radius 3 is 2.35 bits per heavy atom. The van der Waals surface area contributed by atoms with E-state index in [1.54, 1.807) is 33.1 Å². The van der Waals surface area contributed by atoms with E-state index in [-0.39, 0.29) is 12.6 Å². The van der Waals surface area contributed by atoms with E-state index in [2.05, 4.69) is 5.32 Å². The number of benzene rings is 1. The first-order valence-electron chi connectivity index (χ1n) is 6.32. The van der Waals surface area contributed by atoms with Gasteiger partial charge in [0, 0.05) is 18.6 Å². The largest absolute Gasteiger partial charge is 0.493 e. The number of thioether (sulfide) groups is 1. The molecule has 5 nitrogen and oxygen atoms in total. The first-order chi connectivity index (χ1) is 9.69. The molecule has 0 aliphatic carbocycles. The highest BCUT2D eigenvalue weighted by molar-refractivity contribution is 7.98. The average Bonchev–Trinajstić information content (AvgIpc) is 2.50. The van der Waals surface area contributed by atoms with Crippen LogP contribution in [0.2, 0.25) is 0 Å². The van der Waals surface area contributed by atoms with Crippen LogP contribution in [0.25, 0.3) is 0 Å². The zero-order chi connectivity index (χ0) is 15.0. The Bertz CT molecular complexity index is 414. The van der Waals surface area contributed by atoms with Crippen LogP contribution in [0.3, 0.4) is 0 Å². The Kier molecular flexibility index (Phi) is 7.76. The van der Waals surface area contributed by atoms with E-state index in [9.17, 15) is 5.11 Å². The standard InChI is InChI=1S/C14H23NO4S/c1-17-9-11(8-16)15-7-10-5-12(18-2)13(19-3)6-14(10)20-4/h5-6,11,15-16H,7-9H2,1-4H3. The van der Waals surface area contributed by atoms with Crippen molar-refractivity contribution in [2.24, 2.45) is 0 Å². The minimum absolute atomic E-state index is 0.0374. The zero-order valence-electron chi connectivity index (χ0n) is 12.4. The van der Waals surface area contributed by atoms with Crippen LogP contribution < -0.4 is 14.8 Å². The molecule has 1 unspecified atom stereocenters.